The topological polar surface area (TPSA) is 37.3 Å². The summed E-state index contributed by atoms with van der Waals surface area (Å²) < 4.78 is 0. The van der Waals surface area contributed by atoms with Crippen molar-refractivity contribution >= 4 is 5.78 Å². The summed E-state index contributed by atoms with van der Waals surface area (Å²) in [7, 11) is 0. The highest BCUT2D eigenvalue weighted by molar-refractivity contribution is 5.92. The molecule has 1 N–H and O–H groups in total. The first-order valence-corrected chi connectivity index (χ1v) is 11.7. The number of fused-ring (bicyclic) bond motifs is 5. The molecule has 0 amide bonds. The number of ketones is 1. The van der Waals surface area contributed by atoms with Crippen molar-refractivity contribution in [3.05, 3.63) is 11.6 Å². The minimum atomic E-state index is -0.441. The first-order chi connectivity index (χ1) is 12.8. The molecule has 7 atom stereocenters. The zero-order chi connectivity index (χ0) is 19.4. The lowest BCUT2D eigenvalue weighted by molar-refractivity contribution is -0.138. The van der Waals surface area contributed by atoms with Crippen LogP contribution in [0, 0.1) is 34.5 Å². The molecule has 3 saturated carbocycles. The molecule has 152 valence electrons. The van der Waals surface area contributed by atoms with E-state index in [4.69, 9.17) is 0 Å². The molecule has 2 heteroatoms. The van der Waals surface area contributed by atoms with E-state index in [1.807, 2.05) is 6.08 Å². The number of rotatable bonds is 4. The Morgan fingerprint density at radius 2 is 1.85 bits per heavy atom. The molecule has 0 spiro atoms. The van der Waals surface area contributed by atoms with Gasteiger partial charge in [0.2, 0.25) is 0 Å². The first kappa shape index (κ1) is 19.7. The van der Waals surface area contributed by atoms with E-state index in [1.165, 1.54) is 50.5 Å². The molecule has 3 fully saturated rings. The summed E-state index contributed by atoms with van der Waals surface area (Å²) in [6.07, 6.45) is 14.4. The van der Waals surface area contributed by atoms with Crippen LogP contribution in [0.3, 0.4) is 0 Å². The number of hydrogen-bond donors (Lipinski definition) is 1. The molecule has 0 saturated heterocycles. The van der Waals surface area contributed by atoms with Crippen molar-refractivity contribution in [2.45, 2.75) is 104 Å². The van der Waals surface area contributed by atoms with Crippen LogP contribution < -0.4 is 0 Å². The zero-order valence-corrected chi connectivity index (χ0v) is 18.0. The summed E-state index contributed by atoms with van der Waals surface area (Å²) in [5.74, 6) is 2.93. The second kappa shape index (κ2) is 6.71. The maximum Gasteiger partial charge on any atom is 0.155 e. The molecule has 2 nitrogen and oxygen atoms in total. The average molecular weight is 373 g/mol. The standard InChI is InChI=1S/C25H40O2/c1-5-6-7-12-25(27)14-11-21-20-9-8-18-16-19(26)15-17(2)24(18,4)22(20)10-13-23(21,25)3/h16-17,20-22,27H,5-15H2,1-4H3/t17?,20-,21-,22+,23-,24-,25?/m0/s1. The van der Waals surface area contributed by atoms with Gasteiger partial charge in [-0.25, -0.2) is 0 Å². The van der Waals surface area contributed by atoms with E-state index in [-0.39, 0.29) is 10.8 Å². The summed E-state index contributed by atoms with van der Waals surface area (Å²) in [6, 6.07) is 0. The van der Waals surface area contributed by atoms with Crippen molar-refractivity contribution in [1.82, 2.24) is 0 Å². The second-order valence-electron chi connectivity index (χ2n) is 10.9. The van der Waals surface area contributed by atoms with Gasteiger partial charge in [0.25, 0.3) is 0 Å². The van der Waals surface area contributed by atoms with E-state index in [1.54, 1.807) is 0 Å². The highest BCUT2D eigenvalue weighted by Gasteiger charge is 2.64. The number of hydrogen-bond acceptors (Lipinski definition) is 2. The molecular formula is C25H40O2. The van der Waals surface area contributed by atoms with Crippen molar-refractivity contribution in [2.24, 2.45) is 34.5 Å². The smallest absolute Gasteiger partial charge is 0.155 e. The Hall–Kier alpha value is -0.630. The highest BCUT2D eigenvalue weighted by atomic mass is 16.3. The predicted octanol–water partition coefficient (Wildman–Crippen LogP) is 6.08. The summed E-state index contributed by atoms with van der Waals surface area (Å²) in [5, 5.41) is 11.7. The Labute approximate surface area is 166 Å². The molecule has 4 aliphatic rings. The highest BCUT2D eigenvalue weighted by Crippen LogP contribution is 2.68. The van der Waals surface area contributed by atoms with E-state index >= 15 is 0 Å². The van der Waals surface area contributed by atoms with Gasteiger partial charge in [0.15, 0.2) is 5.78 Å². The third-order valence-corrected chi connectivity index (χ3v) is 10.0. The third kappa shape index (κ3) is 2.72. The van der Waals surface area contributed by atoms with Crippen LogP contribution in [0.4, 0.5) is 0 Å². The largest absolute Gasteiger partial charge is 0.389 e. The van der Waals surface area contributed by atoms with Crippen molar-refractivity contribution in [1.29, 1.82) is 0 Å². The molecular weight excluding hydrogens is 332 g/mol. The van der Waals surface area contributed by atoms with Crippen LogP contribution in [0.2, 0.25) is 0 Å². The molecule has 0 aromatic carbocycles. The van der Waals surface area contributed by atoms with Crippen molar-refractivity contribution < 1.29 is 9.90 Å². The molecule has 0 aromatic heterocycles. The fourth-order valence-corrected chi connectivity index (χ4v) is 8.13. The van der Waals surface area contributed by atoms with Gasteiger partial charge in [-0.05, 0) is 85.5 Å². The van der Waals surface area contributed by atoms with Crippen LogP contribution >= 0.6 is 0 Å². The van der Waals surface area contributed by atoms with E-state index in [0.717, 1.165) is 31.6 Å². The summed E-state index contributed by atoms with van der Waals surface area (Å²) in [4.78, 5) is 12.2. The Morgan fingerprint density at radius 1 is 1.11 bits per heavy atom. The Morgan fingerprint density at radius 3 is 2.59 bits per heavy atom. The normalized spacial score (nSPS) is 49.2. The number of aliphatic hydroxyl groups is 1. The number of carbonyl (C=O) groups is 1. The minimum Gasteiger partial charge on any atom is -0.389 e. The van der Waals surface area contributed by atoms with Crippen molar-refractivity contribution in [3.8, 4) is 0 Å². The van der Waals surface area contributed by atoms with Crippen molar-refractivity contribution in [2.75, 3.05) is 0 Å². The lowest BCUT2D eigenvalue weighted by Crippen LogP contribution is -2.56. The van der Waals surface area contributed by atoms with Crippen molar-refractivity contribution in [3.63, 3.8) is 0 Å². The van der Waals surface area contributed by atoms with E-state index in [2.05, 4.69) is 27.7 Å². The Bertz CT molecular complexity index is 636. The van der Waals surface area contributed by atoms with Gasteiger partial charge in [-0.15, -0.1) is 0 Å². The molecule has 4 rings (SSSR count). The fraction of sp³-hybridized carbons (Fsp3) is 0.880. The monoisotopic (exact) mass is 372 g/mol. The van der Waals surface area contributed by atoms with Gasteiger partial charge in [0, 0.05) is 6.42 Å². The maximum atomic E-state index is 12.2. The molecule has 27 heavy (non-hydrogen) atoms. The summed E-state index contributed by atoms with van der Waals surface area (Å²) in [6.45, 7) is 9.46. The Kier molecular flexibility index (Phi) is 4.89. The van der Waals surface area contributed by atoms with Gasteiger partial charge < -0.3 is 5.11 Å². The molecule has 0 radical (unpaired) electrons. The molecule has 4 aliphatic carbocycles. The maximum absolute atomic E-state index is 12.2. The predicted molar refractivity (Wildman–Crippen MR) is 110 cm³/mol. The lowest BCUT2D eigenvalue weighted by atomic mass is 9.44. The fourth-order valence-electron chi connectivity index (χ4n) is 8.13. The lowest BCUT2D eigenvalue weighted by Gasteiger charge is -2.60. The average Bonchev–Trinajstić information content (AvgIpc) is 2.88. The van der Waals surface area contributed by atoms with E-state index < -0.39 is 5.60 Å². The minimum absolute atomic E-state index is 0.104. The van der Waals surface area contributed by atoms with E-state index in [9.17, 15) is 9.90 Å². The van der Waals surface area contributed by atoms with Gasteiger partial charge in [-0.1, -0.05) is 52.5 Å². The van der Waals surface area contributed by atoms with Gasteiger partial charge in [0.05, 0.1) is 5.60 Å². The van der Waals surface area contributed by atoms with Crippen LogP contribution in [-0.4, -0.2) is 16.5 Å². The van der Waals surface area contributed by atoms with Crippen LogP contribution in [0.25, 0.3) is 0 Å². The quantitative estimate of drug-likeness (QED) is 0.608. The molecule has 0 aromatic rings. The van der Waals surface area contributed by atoms with E-state index in [0.29, 0.717) is 23.5 Å². The summed E-state index contributed by atoms with van der Waals surface area (Å²) in [5.41, 5.74) is 1.32. The van der Waals surface area contributed by atoms with Gasteiger partial charge in [0.1, 0.15) is 0 Å². The Balaban J connectivity index is 1.61. The number of unbranched alkanes of at least 4 members (excludes halogenated alkanes) is 2. The molecule has 0 aliphatic heterocycles. The van der Waals surface area contributed by atoms with Crippen LogP contribution in [-0.2, 0) is 4.79 Å². The van der Waals surface area contributed by atoms with Gasteiger partial charge in [-0.3, -0.25) is 4.79 Å². The SMILES string of the molecule is CCCCCC1(O)CC[C@H]2[C@@H]3CCC4=CC(=O)CC(C)[C@]4(C)[C@@H]3CC[C@@]21C. The number of carbonyl (C=O) groups excluding carboxylic acids is 1. The van der Waals surface area contributed by atoms with Crippen LogP contribution in [0.15, 0.2) is 11.6 Å². The first-order valence-electron chi connectivity index (χ1n) is 11.7. The van der Waals surface area contributed by atoms with Gasteiger partial charge in [-0.2, -0.15) is 0 Å². The molecule has 2 unspecified atom stereocenters. The third-order valence-electron chi connectivity index (χ3n) is 10.0. The van der Waals surface area contributed by atoms with Crippen LogP contribution in [0.5, 0.6) is 0 Å². The second-order valence-corrected chi connectivity index (χ2v) is 10.9. The zero-order valence-electron chi connectivity index (χ0n) is 18.0. The number of allylic oxidation sites excluding steroid dienone is 1. The van der Waals surface area contributed by atoms with Crippen LogP contribution in [0.1, 0.15) is 98.3 Å². The van der Waals surface area contributed by atoms with Gasteiger partial charge >= 0.3 is 0 Å². The summed E-state index contributed by atoms with van der Waals surface area (Å²) >= 11 is 0. The molecule has 0 bridgehead atoms. The molecule has 0 heterocycles.